The third kappa shape index (κ3) is 3.83. The van der Waals surface area contributed by atoms with Gasteiger partial charge >= 0.3 is 0 Å². The van der Waals surface area contributed by atoms with Crippen molar-refractivity contribution < 1.29 is 9.53 Å². The van der Waals surface area contributed by atoms with Gasteiger partial charge in [-0.2, -0.15) is 5.10 Å². The van der Waals surface area contributed by atoms with E-state index in [0.29, 0.717) is 6.54 Å². The van der Waals surface area contributed by atoms with Gasteiger partial charge in [0.05, 0.1) is 18.0 Å². The lowest BCUT2D eigenvalue weighted by Crippen LogP contribution is -2.30. The van der Waals surface area contributed by atoms with Crippen molar-refractivity contribution in [1.82, 2.24) is 15.1 Å². The third-order valence-electron chi connectivity index (χ3n) is 3.58. The van der Waals surface area contributed by atoms with Crippen LogP contribution in [0.15, 0.2) is 48.8 Å². The second kappa shape index (κ2) is 7.04. The zero-order chi connectivity index (χ0) is 15.2. The topological polar surface area (TPSA) is 56.2 Å². The zero-order valence-electron chi connectivity index (χ0n) is 12.3. The van der Waals surface area contributed by atoms with E-state index in [1.807, 2.05) is 36.5 Å². The first-order chi connectivity index (χ1) is 10.8. The number of amides is 1. The van der Waals surface area contributed by atoms with Crippen LogP contribution < -0.4 is 5.32 Å². The number of carbonyl (C=O) groups is 1. The van der Waals surface area contributed by atoms with Gasteiger partial charge in [0.1, 0.15) is 0 Å². The van der Waals surface area contributed by atoms with Gasteiger partial charge in [0.25, 0.3) is 0 Å². The monoisotopic (exact) mass is 297 g/mol. The van der Waals surface area contributed by atoms with E-state index < -0.39 is 0 Å². The smallest absolute Gasteiger partial charge is 0.244 e. The number of nitrogens with zero attached hydrogens (tertiary/aromatic N) is 2. The molecule has 2 heterocycles. The molecule has 0 spiro atoms. The van der Waals surface area contributed by atoms with Crippen LogP contribution in [0.25, 0.3) is 11.8 Å². The Bertz CT molecular complexity index is 643. The molecular weight excluding hydrogens is 278 g/mol. The molecular formula is C17H19N3O2. The molecule has 1 atom stereocenters. The highest BCUT2D eigenvalue weighted by Gasteiger charge is 2.15. The second-order valence-electron chi connectivity index (χ2n) is 5.27. The van der Waals surface area contributed by atoms with Gasteiger partial charge < -0.3 is 10.1 Å². The van der Waals surface area contributed by atoms with Crippen LogP contribution in [0, 0.1) is 0 Å². The van der Waals surface area contributed by atoms with Crippen molar-refractivity contribution in [3.8, 4) is 5.69 Å². The number of hydrogen-bond acceptors (Lipinski definition) is 3. The molecule has 0 radical (unpaired) electrons. The molecule has 3 rings (SSSR count). The van der Waals surface area contributed by atoms with Crippen LogP contribution >= 0.6 is 0 Å². The lowest BCUT2D eigenvalue weighted by Gasteiger charge is -2.08. The van der Waals surface area contributed by atoms with Crippen molar-refractivity contribution in [2.75, 3.05) is 13.2 Å². The quantitative estimate of drug-likeness (QED) is 0.861. The number of para-hydroxylation sites is 1. The van der Waals surface area contributed by atoms with E-state index in [1.165, 1.54) is 6.08 Å². The number of rotatable bonds is 5. The molecule has 0 aliphatic carbocycles. The van der Waals surface area contributed by atoms with E-state index in [-0.39, 0.29) is 12.0 Å². The predicted octanol–water partition coefficient (Wildman–Crippen LogP) is 2.18. The van der Waals surface area contributed by atoms with E-state index in [4.69, 9.17) is 4.74 Å². The molecule has 1 aliphatic heterocycles. The fraction of sp³-hybridized carbons (Fsp3) is 0.294. The van der Waals surface area contributed by atoms with Gasteiger partial charge in [0.2, 0.25) is 5.91 Å². The number of ether oxygens (including phenoxy) is 1. The van der Waals surface area contributed by atoms with Crippen LogP contribution in [-0.4, -0.2) is 34.9 Å². The molecule has 0 saturated carbocycles. The van der Waals surface area contributed by atoms with E-state index in [0.717, 1.165) is 30.7 Å². The van der Waals surface area contributed by atoms with Crippen molar-refractivity contribution in [2.45, 2.75) is 18.9 Å². The molecule has 1 aliphatic rings. The lowest BCUT2D eigenvalue weighted by atomic mass is 10.2. The maximum Gasteiger partial charge on any atom is 0.244 e. The summed E-state index contributed by atoms with van der Waals surface area (Å²) in [5.74, 6) is -0.108. The zero-order valence-corrected chi connectivity index (χ0v) is 12.3. The number of hydrogen-bond donors (Lipinski definition) is 1. The highest BCUT2D eigenvalue weighted by Crippen LogP contribution is 2.11. The van der Waals surface area contributed by atoms with Crippen LogP contribution in [0.5, 0.6) is 0 Å². The molecule has 22 heavy (non-hydrogen) atoms. The van der Waals surface area contributed by atoms with Gasteiger partial charge in [0, 0.05) is 31.0 Å². The van der Waals surface area contributed by atoms with Crippen molar-refractivity contribution in [3.05, 3.63) is 54.4 Å². The maximum absolute atomic E-state index is 11.8. The first-order valence-electron chi connectivity index (χ1n) is 7.49. The first kappa shape index (κ1) is 14.5. The number of benzene rings is 1. The predicted molar refractivity (Wildman–Crippen MR) is 84.6 cm³/mol. The largest absolute Gasteiger partial charge is 0.376 e. The van der Waals surface area contributed by atoms with Crippen LogP contribution in [0.4, 0.5) is 0 Å². The van der Waals surface area contributed by atoms with Gasteiger partial charge in [-0.3, -0.25) is 4.79 Å². The standard InChI is InChI=1S/C17H19N3O2/c21-17(18-12-16-7-4-10-22-16)9-8-14-11-19-20(13-14)15-5-2-1-3-6-15/h1-3,5-6,8-9,11,13,16H,4,7,10,12H2,(H,18,21). The average molecular weight is 297 g/mol. The van der Waals surface area contributed by atoms with Gasteiger partial charge in [-0.1, -0.05) is 18.2 Å². The highest BCUT2D eigenvalue weighted by atomic mass is 16.5. The first-order valence-corrected chi connectivity index (χ1v) is 7.49. The Morgan fingerprint density at radius 2 is 2.27 bits per heavy atom. The molecule has 0 bridgehead atoms. The summed E-state index contributed by atoms with van der Waals surface area (Å²) in [5.41, 5.74) is 1.88. The summed E-state index contributed by atoms with van der Waals surface area (Å²) in [6.07, 6.45) is 9.18. The Hall–Kier alpha value is -2.40. The van der Waals surface area contributed by atoms with E-state index in [1.54, 1.807) is 17.0 Å². The minimum atomic E-state index is -0.108. The van der Waals surface area contributed by atoms with Crippen LogP contribution in [0.3, 0.4) is 0 Å². The highest BCUT2D eigenvalue weighted by molar-refractivity contribution is 5.91. The molecule has 1 aromatic heterocycles. The fourth-order valence-corrected chi connectivity index (χ4v) is 2.40. The van der Waals surface area contributed by atoms with Gasteiger partial charge in [-0.05, 0) is 31.1 Å². The second-order valence-corrected chi connectivity index (χ2v) is 5.27. The molecule has 1 fully saturated rings. The summed E-state index contributed by atoms with van der Waals surface area (Å²) >= 11 is 0. The Morgan fingerprint density at radius 1 is 1.41 bits per heavy atom. The van der Waals surface area contributed by atoms with Crippen molar-refractivity contribution >= 4 is 12.0 Å². The minimum Gasteiger partial charge on any atom is -0.376 e. The molecule has 1 N–H and O–H groups in total. The van der Waals surface area contributed by atoms with E-state index >= 15 is 0 Å². The molecule has 2 aromatic rings. The number of aromatic nitrogens is 2. The molecule has 1 unspecified atom stereocenters. The number of nitrogens with one attached hydrogen (secondary N) is 1. The summed E-state index contributed by atoms with van der Waals surface area (Å²) in [5, 5.41) is 7.14. The van der Waals surface area contributed by atoms with Gasteiger partial charge in [0.15, 0.2) is 0 Å². The van der Waals surface area contributed by atoms with E-state index in [9.17, 15) is 4.79 Å². The van der Waals surface area contributed by atoms with Crippen LogP contribution in [0.1, 0.15) is 18.4 Å². The molecule has 114 valence electrons. The summed E-state index contributed by atoms with van der Waals surface area (Å²) in [6, 6.07) is 9.85. The van der Waals surface area contributed by atoms with Crippen molar-refractivity contribution in [2.24, 2.45) is 0 Å². The van der Waals surface area contributed by atoms with Crippen LogP contribution in [-0.2, 0) is 9.53 Å². The normalized spacial score (nSPS) is 17.9. The molecule has 1 saturated heterocycles. The Labute approximate surface area is 129 Å². The van der Waals surface area contributed by atoms with E-state index in [2.05, 4.69) is 10.4 Å². The summed E-state index contributed by atoms with van der Waals surface area (Å²) in [6.45, 7) is 1.38. The van der Waals surface area contributed by atoms with Crippen molar-refractivity contribution in [3.63, 3.8) is 0 Å². The van der Waals surface area contributed by atoms with Gasteiger partial charge in [-0.15, -0.1) is 0 Å². The van der Waals surface area contributed by atoms with Crippen molar-refractivity contribution in [1.29, 1.82) is 0 Å². The van der Waals surface area contributed by atoms with Gasteiger partial charge in [-0.25, -0.2) is 4.68 Å². The minimum absolute atomic E-state index is 0.108. The summed E-state index contributed by atoms with van der Waals surface area (Å²) < 4.78 is 7.25. The Morgan fingerprint density at radius 3 is 3.05 bits per heavy atom. The molecule has 1 amide bonds. The molecule has 1 aromatic carbocycles. The maximum atomic E-state index is 11.8. The Kier molecular flexibility index (Phi) is 4.65. The average Bonchev–Trinajstić information content (AvgIpc) is 3.23. The van der Waals surface area contributed by atoms with Crippen LogP contribution in [0.2, 0.25) is 0 Å². The third-order valence-corrected chi connectivity index (χ3v) is 3.58. The Balaban J connectivity index is 1.54. The lowest BCUT2D eigenvalue weighted by molar-refractivity contribution is -0.116. The summed E-state index contributed by atoms with van der Waals surface area (Å²) in [4.78, 5) is 11.8. The number of carbonyl (C=O) groups excluding carboxylic acids is 1. The SMILES string of the molecule is O=C(C=Cc1cnn(-c2ccccc2)c1)NCC1CCCO1. The molecule has 5 heteroatoms. The summed E-state index contributed by atoms with van der Waals surface area (Å²) in [7, 11) is 0. The fourth-order valence-electron chi connectivity index (χ4n) is 2.40. The molecule has 5 nitrogen and oxygen atoms in total.